The third kappa shape index (κ3) is 2.60. The van der Waals surface area contributed by atoms with Gasteiger partial charge in [-0.05, 0) is 36.9 Å². The second-order valence-corrected chi connectivity index (χ2v) is 4.74. The lowest BCUT2D eigenvalue weighted by Gasteiger charge is -2.05. The molecule has 6 heteroatoms. The van der Waals surface area contributed by atoms with Gasteiger partial charge in [0.25, 0.3) is 0 Å². The van der Waals surface area contributed by atoms with Crippen molar-refractivity contribution < 1.29 is 0 Å². The van der Waals surface area contributed by atoms with Gasteiger partial charge < -0.3 is 5.32 Å². The molecule has 1 aliphatic rings. The Labute approximate surface area is 108 Å². The number of rotatable bonds is 1. The van der Waals surface area contributed by atoms with E-state index in [1.807, 2.05) is 19.3 Å². The van der Waals surface area contributed by atoms with Crippen molar-refractivity contribution in [1.29, 1.82) is 5.26 Å². The molecular weight excluding hydrogens is 256 g/mol. The van der Waals surface area contributed by atoms with Crippen LogP contribution in [0.15, 0.2) is 22.2 Å². The summed E-state index contributed by atoms with van der Waals surface area (Å²) in [5.74, 6) is 0. The molecule has 1 aliphatic heterocycles. The van der Waals surface area contributed by atoms with Gasteiger partial charge >= 0.3 is 0 Å². The van der Waals surface area contributed by atoms with Gasteiger partial charge in [0.15, 0.2) is 0 Å². The molecule has 0 saturated heterocycles. The largest absolute Gasteiger partial charge is 0.352 e. The third-order valence-electron chi connectivity index (χ3n) is 2.09. The Balaban J connectivity index is 2.47. The number of thioether (sulfide) groups is 1. The van der Waals surface area contributed by atoms with Crippen LogP contribution in [0.1, 0.15) is 18.3 Å². The molecule has 0 spiro atoms. The maximum absolute atomic E-state index is 9.22. The van der Waals surface area contributed by atoms with Crippen LogP contribution in [-0.2, 0) is 0 Å². The van der Waals surface area contributed by atoms with E-state index in [0.717, 1.165) is 16.4 Å². The SMILES string of the molecule is CC1=CS/C(=C(/C#N)c2cc(C)nc(Cl)n2)N1. The molecule has 2 heterocycles. The molecule has 0 aliphatic carbocycles. The minimum Gasteiger partial charge on any atom is -0.352 e. The van der Waals surface area contributed by atoms with E-state index in [1.54, 1.807) is 6.07 Å². The van der Waals surface area contributed by atoms with Crippen LogP contribution in [0.5, 0.6) is 0 Å². The Bertz CT molecular complexity index is 551. The summed E-state index contributed by atoms with van der Waals surface area (Å²) in [6, 6.07) is 3.89. The summed E-state index contributed by atoms with van der Waals surface area (Å²) in [6.07, 6.45) is 0. The molecular formula is C11H9ClN4S. The Morgan fingerprint density at radius 1 is 1.47 bits per heavy atom. The smallest absolute Gasteiger partial charge is 0.223 e. The first-order chi connectivity index (χ1) is 8.10. The molecule has 1 aromatic heterocycles. The van der Waals surface area contributed by atoms with Gasteiger partial charge in [-0.15, -0.1) is 0 Å². The van der Waals surface area contributed by atoms with Crippen molar-refractivity contribution in [2.45, 2.75) is 13.8 Å². The minimum absolute atomic E-state index is 0.154. The van der Waals surface area contributed by atoms with Crippen LogP contribution in [0.2, 0.25) is 5.28 Å². The maximum atomic E-state index is 9.22. The van der Waals surface area contributed by atoms with Crippen LogP contribution in [0.4, 0.5) is 0 Å². The van der Waals surface area contributed by atoms with E-state index in [9.17, 15) is 5.26 Å². The first-order valence-corrected chi connectivity index (χ1v) is 6.12. The van der Waals surface area contributed by atoms with E-state index in [0.29, 0.717) is 11.3 Å². The van der Waals surface area contributed by atoms with E-state index in [2.05, 4.69) is 21.4 Å². The fourth-order valence-corrected chi connectivity index (χ4v) is 2.46. The fraction of sp³-hybridized carbons (Fsp3) is 0.182. The van der Waals surface area contributed by atoms with Crippen LogP contribution in [-0.4, -0.2) is 9.97 Å². The van der Waals surface area contributed by atoms with Crippen molar-refractivity contribution in [1.82, 2.24) is 15.3 Å². The second kappa shape index (κ2) is 4.78. The number of halogens is 1. The molecule has 1 N–H and O–H groups in total. The van der Waals surface area contributed by atoms with Gasteiger partial charge in [0.2, 0.25) is 5.28 Å². The molecule has 4 nitrogen and oxygen atoms in total. The van der Waals surface area contributed by atoms with Crippen LogP contribution in [0.25, 0.3) is 5.57 Å². The number of nitrogens with zero attached hydrogens (tertiary/aromatic N) is 3. The molecule has 0 amide bonds. The lowest BCUT2D eigenvalue weighted by Crippen LogP contribution is -2.05. The lowest BCUT2D eigenvalue weighted by molar-refractivity contribution is 1.05. The molecule has 17 heavy (non-hydrogen) atoms. The molecule has 0 aromatic carbocycles. The molecule has 0 atom stereocenters. The average molecular weight is 265 g/mol. The summed E-state index contributed by atoms with van der Waals surface area (Å²) in [6.45, 7) is 3.75. The number of hydrogen-bond acceptors (Lipinski definition) is 5. The number of allylic oxidation sites excluding steroid dienone is 2. The number of nitrogens with one attached hydrogen (secondary N) is 1. The van der Waals surface area contributed by atoms with E-state index in [1.165, 1.54) is 11.8 Å². The summed E-state index contributed by atoms with van der Waals surface area (Å²) in [5.41, 5.74) is 2.77. The predicted octanol–water partition coefficient (Wildman–Crippen LogP) is 2.83. The monoisotopic (exact) mass is 264 g/mol. The summed E-state index contributed by atoms with van der Waals surface area (Å²) in [7, 11) is 0. The third-order valence-corrected chi connectivity index (χ3v) is 3.27. The van der Waals surface area contributed by atoms with Crippen LogP contribution >= 0.6 is 23.4 Å². The zero-order chi connectivity index (χ0) is 12.4. The van der Waals surface area contributed by atoms with Gasteiger partial charge in [0.1, 0.15) is 11.6 Å². The van der Waals surface area contributed by atoms with Crippen molar-refractivity contribution >= 4 is 28.9 Å². The van der Waals surface area contributed by atoms with Gasteiger partial charge in [-0.25, -0.2) is 9.97 Å². The van der Waals surface area contributed by atoms with Crippen molar-refractivity contribution in [2.75, 3.05) is 0 Å². The number of nitriles is 1. The van der Waals surface area contributed by atoms with E-state index in [4.69, 9.17) is 11.6 Å². The van der Waals surface area contributed by atoms with Crippen molar-refractivity contribution in [3.63, 3.8) is 0 Å². The molecule has 0 saturated carbocycles. The number of hydrogen-bond donors (Lipinski definition) is 1. The highest BCUT2D eigenvalue weighted by Crippen LogP contribution is 2.30. The van der Waals surface area contributed by atoms with E-state index in [-0.39, 0.29) is 5.28 Å². The molecule has 86 valence electrons. The molecule has 2 rings (SSSR count). The Hall–Kier alpha value is -1.51. The summed E-state index contributed by atoms with van der Waals surface area (Å²) < 4.78 is 0. The highest BCUT2D eigenvalue weighted by Gasteiger charge is 2.16. The second-order valence-electron chi connectivity index (χ2n) is 3.52. The summed E-state index contributed by atoms with van der Waals surface area (Å²) in [4.78, 5) is 8.05. The van der Waals surface area contributed by atoms with Crippen molar-refractivity contribution in [3.05, 3.63) is 38.9 Å². The van der Waals surface area contributed by atoms with Crippen LogP contribution in [0.3, 0.4) is 0 Å². The quantitative estimate of drug-likeness (QED) is 0.624. The zero-order valence-corrected chi connectivity index (χ0v) is 10.9. The molecule has 0 fully saturated rings. The number of aryl methyl sites for hydroxylation is 1. The molecule has 1 aromatic rings. The van der Waals surface area contributed by atoms with Crippen LogP contribution < -0.4 is 5.32 Å². The number of aromatic nitrogens is 2. The van der Waals surface area contributed by atoms with Crippen LogP contribution in [0, 0.1) is 18.3 Å². The van der Waals surface area contributed by atoms with Gasteiger partial charge in [0, 0.05) is 11.4 Å². The summed E-state index contributed by atoms with van der Waals surface area (Å²) in [5, 5.41) is 15.2. The van der Waals surface area contributed by atoms with E-state index >= 15 is 0 Å². The molecule has 0 unspecified atom stereocenters. The van der Waals surface area contributed by atoms with Gasteiger partial charge in [-0.1, -0.05) is 11.8 Å². The fourth-order valence-electron chi connectivity index (χ4n) is 1.39. The van der Waals surface area contributed by atoms with Gasteiger partial charge in [-0.2, -0.15) is 5.26 Å². The van der Waals surface area contributed by atoms with Gasteiger partial charge in [-0.3, -0.25) is 0 Å². The standard InChI is InChI=1S/C11H9ClN4S/c1-6-3-9(16-11(12)15-6)8(4-13)10-14-7(2)5-17-10/h3,5,14H,1-2H3/b10-8-. The normalized spacial score (nSPS) is 17.2. The lowest BCUT2D eigenvalue weighted by atomic mass is 10.2. The predicted molar refractivity (Wildman–Crippen MR) is 68.8 cm³/mol. The van der Waals surface area contributed by atoms with E-state index < -0.39 is 0 Å². The zero-order valence-electron chi connectivity index (χ0n) is 9.28. The first-order valence-electron chi connectivity index (χ1n) is 4.86. The Morgan fingerprint density at radius 2 is 2.24 bits per heavy atom. The maximum Gasteiger partial charge on any atom is 0.223 e. The molecule has 0 bridgehead atoms. The first kappa shape index (κ1) is 12.0. The average Bonchev–Trinajstić information content (AvgIpc) is 2.64. The highest BCUT2D eigenvalue weighted by atomic mass is 35.5. The minimum atomic E-state index is 0.154. The van der Waals surface area contributed by atoms with Crippen molar-refractivity contribution in [2.24, 2.45) is 0 Å². The Morgan fingerprint density at radius 3 is 2.76 bits per heavy atom. The topological polar surface area (TPSA) is 61.6 Å². The Kier molecular flexibility index (Phi) is 3.36. The highest BCUT2D eigenvalue weighted by molar-refractivity contribution is 8.06. The van der Waals surface area contributed by atoms with Gasteiger partial charge in [0.05, 0.1) is 10.7 Å². The van der Waals surface area contributed by atoms with Crippen molar-refractivity contribution in [3.8, 4) is 6.07 Å². The summed E-state index contributed by atoms with van der Waals surface area (Å²) >= 11 is 7.26. The molecule has 0 radical (unpaired) electrons.